The van der Waals surface area contributed by atoms with E-state index in [-0.39, 0.29) is 24.4 Å². The van der Waals surface area contributed by atoms with Gasteiger partial charge in [-0.25, -0.2) is 0 Å². The van der Waals surface area contributed by atoms with Gasteiger partial charge in [-0.05, 0) is 43.9 Å². The first-order valence-corrected chi connectivity index (χ1v) is 7.92. The lowest BCUT2D eigenvalue weighted by atomic mass is 9.92. The van der Waals surface area contributed by atoms with E-state index < -0.39 is 0 Å². The summed E-state index contributed by atoms with van der Waals surface area (Å²) in [6, 6.07) is 5.45. The molecule has 1 saturated heterocycles. The fourth-order valence-electron chi connectivity index (χ4n) is 2.98. The standard InChI is InChI=1S/C17H26N2O3.ClH/c1-4-22-15-6-5-13(10-16(15)21-3)17(20)19-8-7-12(2)9-14(19)11-18;/h5-6,10,12,14H,4,7-9,11,18H2,1-3H3;1H. The molecule has 0 spiro atoms. The third kappa shape index (κ3) is 4.52. The molecule has 1 heterocycles. The molecule has 1 aromatic rings. The molecule has 2 unspecified atom stereocenters. The van der Waals surface area contributed by atoms with Crippen LogP contribution in [0.5, 0.6) is 11.5 Å². The van der Waals surface area contributed by atoms with E-state index in [2.05, 4.69) is 6.92 Å². The Labute approximate surface area is 144 Å². The van der Waals surface area contributed by atoms with Crippen molar-refractivity contribution < 1.29 is 14.3 Å². The van der Waals surface area contributed by atoms with Crippen LogP contribution in [0.25, 0.3) is 0 Å². The maximum Gasteiger partial charge on any atom is 0.254 e. The first-order chi connectivity index (χ1) is 10.6. The SMILES string of the molecule is CCOc1ccc(C(=O)N2CCC(C)CC2CN)cc1OC.Cl. The number of methoxy groups -OCH3 is 1. The Morgan fingerprint density at radius 3 is 2.74 bits per heavy atom. The second kappa shape index (κ2) is 8.99. The van der Waals surface area contributed by atoms with Crippen molar-refractivity contribution in [2.45, 2.75) is 32.7 Å². The smallest absolute Gasteiger partial charge is 0.254 e. The zero-order valence-corrected chi connectivity index (χ0v) is 14.9. The highest BCUT2D eigenvalue weighted by Crippen LogP contribution is 2.30. The fraction of sp³-hybridized carbons (Fsp3) is 0.588. The molecule has 0 saturated carbocycles. The average Bonchev–Trinajstić information content (AvgIpc) is 2.54. The largest absolute Gasteiger partial charge is 0.493 e. The van der Waals surface area contributed by atoms with Gasteiger partial charge in [-0.2, -0.15) is 0 Å². The maximum atomic E-state index is 12.8. The molecule has 0 aromatic heterocycles. The first-order valence-electron chi connectivity index (χ1n) is 7.92. The van der Waals surface area contributed by atoms with Crippen LogP contribution in [0.1, 0.15) is 37.0 Å². The second-order valence-corrected chi connectivity index (χ2v) is 5.82. The lowest BCUT2D eigenvalue weighted by Crippen LogP contribution is -2.49. The predicted molar refractivity (Wildman–Crippen MR) is 93.7 cm³/mol. The molecule has 130 valence electrons. The Balaban J connectivity index is 0.00000264. The van der Waals surface area contributed by atoms with Crippen molar-refractivity contribution in [3.05, 3.63) is 23.8 Å². The minimum absolute atomic E-state index is 0. The number of halogens is 1. The second-order valence-electron chi connectivity index (χ2n) is 5.82. The van der Waals surface area contributed by atoms with Crippen LogP contribution in [0.2, 0.25) is 0 Å². The minimum Gasteiger partial charge on any atom is -0.493 e. The van der Waals surface area contributed by atoms with E-state index in [4.69, 9.17) is 15.2 Å². The van der Waals surface area contributed by atoms with Gasteiger partial charge in [0.25, 0.3) is 5.91 Å². The summed E-state index contributed by atoms with van der Waals surface area (Å²) < 4.78 is 10.8. The molecule has 1 amide bonds. The molecule has 2 N–H and O–H groups in total. The number of benzene rings is 1. The van der Waals surface area contributed by atoms with Crippen LogP contribution in [-0.4, -0.2) is 43.7 Å². The summed E-state index contributed by atoms with van der Waals surface area (Å²) >= 11 is 0. The third-order valence-corrected chi connectivity index (χ3v) is 4.22. The maximum absolute atomic E-state index is 12.8. The number of carbonyl (C=O) groups excluding carboxylic acids is 1. The van der Waals surface area contributed by atoms with Gasteiger partial charge < -0.3 is 20.1 Å². The van der Waals surface area contributed by atoms with Gasteiger partial charge in [0, 0.05) is 24.7 Å². The molecule has 1 aromatic carbocycles. The van der Waals surface area contributed by atoms with Gasteiger partial charge in [0.2, 0.25) is 0 Å². The zero-order valence-electron chi connectivity index (χ0n) is 14.1. The Morgan fingerprint density at radius 1 is 1.39 bits per heavy atom. The van der Waals surface area contributed by atoms with Crippen molar-refractivity contribution in [1.82, 2.24) is 4.90 Å². The highest BCUT2D eigenvalue weighted by atomic mass is 35.5. The average molecular weight is 343 g/mol. The Kier molecular flexibility index (Phi) is 7.65. The third-order valence-electron chi connectivity index (χ3n) is 4.22. The summed E-state index contributed by atoms with van der Waals surface area (Å²) in [7, 11) is 1.58. The van der Waals surface area contributed by atoms with Gasteiger partial charge in [-0.15, -0.1) is 12.4 Å². The van der Waals surface area contributed by atoms with Crippen molar-refractivity contribution in [2.75, 3.05) is 26.8 Å². The van der Waals surface area contributed by atoms with E-state index in [9.17, 15) is 4.79 Å². The van der Waals surface area contributed by atoms with Gasteiger partial charge in [-0.1, -0.05) is 6.92 Å². The lowest BCUT2D eigenvalue weighted by molar-refractivity contribution is 0.0573. The number of hydrogen-bond acceptors (Lipinski definition) is 4. The van der Waals surface area contributed by atoms with Crippen LogP contribution in [0.4, 0.5) is 0 Å². The van der Waals surface area contributed by atoms with Crippen molar-refractivity contribution >= 4 is 18.3 Å². The molecule has 1 fully saturated rings. The number of nitrogens with two attached hydrogens (primary N) is 1. The van der Waals surface area contributed by atoms with Crippen molar-refractivity contribution in [3.8, 4) is 11.5 Å². The Bertz CT molecular complexity index is 525. The number of rotatable bonds is 5. The van der Waals surface area contributed by atoms with Gasteiger partial charge in [0.15, 0.2) is 11.5 Å². The van der Waals surface area contributed by atoms with Crippen LogP contribution in [-0.2, 0) is 0 Å². The Morgan fingerprint density at radius 2 is 2.13 bits per heavy atom. The summed E-state index contributed by atoms with van der Waals surface area (Å²) in [5, 5.41) is 0. The molecule has 23 heavy (non-hydrogen) atoms. The molecule has 1 aliphatic heterocycles. The van der Waals surface area contributed by atoms with Crippen molar-refractivity contribution in [1.29, 1.82) is 0 Å². The minimum atomic E-state index is 0. The molecular weight excluding hydrogens is 316 g/mol. The van der Waals surface area contributed by atoms with E-state index in [0.717, 1.165) is 19.4 Å². The van der Waals surface area contributed by atoms with Crippen molar-refractivity contribution in [3.63, 3.8) is 0 Å². The molecule has 0 bridgehead atoms. The molecule has 6 heteroatoms. The summed E-state index contributed by atoms with van der Waals surface area (Å²) in [5.74, 6) is 1.88. The highest BCUT2D eigenvalue weighted by Gasteiger charge is 2.29. The molecule has 1 aliphatic rings. The highest BCUT2D eigenvalue weighted by molar-refractivity contribution is 5.95. The number of nitrogens with zero attached hydrogens (tertiary/aromatic N) is 1. The quantitative estimate of drug-likeness (QED) is 0.893. The van der Waals surface area contributed by atoms with Gasteiger partial charge in [-0.3, -0.25) is 4.79 Å². The summed E-state index contributed by atoms with van der Waals surface area (Å²) in [6.07, 6.45) is 1.99. The van der Waals surface area contributed by atoms with E-state index in [1.54, 1.807) is 25.3 Å². The molecule has 0 radical (unpaired) electrons. The summed E-state index contributed by atoms with van der Waals surface area (Å²) in [5.41, 5.74) is 6.47. The van der Waals surface area contributed by atoms with Crippen LogP contribution in [0.15, 0.2) is 18.2 Å². The number of amides is 1. The number of hydrogen-bond donors (Lipinski definition) is 1. The number of ether oxygens (including phenoxy) is 2. The summed E-state index contributed by atoms with van der Waals surface area (Å²) in [6.45, 7) is 5.95. The number of carbonyl (C=O) groups is 1. The van der Waals surface area contributed by atoms with Crippen molar-refractivity contribution in [2.24, 2.45) is 11.7 Å². The molecular formula is C17H27ClN2O3. The van der Waals surface area contributed by atoms with Gasteiger partial charge >= 0.3 is 0 Å². The van der Waals surface area contributed by atoms with Crippen LogP contribution in [0, 0.1) is 5.92 Å². The normalized spacial score (nSPS) is 20.6. The van der Waals surface area contributed by atoms with E-state index in [0.29, 0.717) is 36.1 Å². The molecule has 0 aliphatic carbocycles. The van der Waals surface area contributed by atoms with E-state index in [1.807, 2.05) is 11.8 Å². The summed E-state index contributed by atoms with van der Waals surface area (Å²) in [4.78, 5) is 14.7. The lowest BCUT2D eigenvalue weighted by Gasteiger charge is -2.38. The van der Waals surface area contributed by atoms with Gasteiger partial charge in [0.05, 0.1) is 13.7 Å². The van der Waals surface area contributed by atoms with Crippen LogP contribution in [0.3, 0.4) is 0 Å². The molecule has 2 atom stereocenters. The number of likely N-dealkylation sites (tertiary alicyclic amines) is 1. The zero-order chi connectivity index (χ0) is 16.1. The number of piperidine rings is 1. The molecule has 5 nitrogen and oxygen atoms in total. The van der Waals surface area contributed by atoms with Gasteiger partial charge in [0.1, 0.15) is 0 Å². The predicted octanol–water partition coefficient (Wildman–Crippen LogP) is 2.72. The van der Waals surface area contributed by atoms with Crippen LogP contribution >= 0.6 is 12.4 Å². The van der Waals surface area contributed by atoms with E-state index in [1.165, 1.54) is 0 Å². The van der Waals surface area contributed by atoms with Crippen LogP contribution < -0.4 is 15.2 Å². The van der Waals surface area contributed by atoms with E-state index >= 15 is 0 Å². The Hall–Kier alpha value is -1.46. The first kappa shape index (κ1) is 19.6. The fourth-order valence-corrected chi connectivity index (χ4v) is 2.98. The monoisotopic (exact) mass is 342 g/mol. The molecule has 2 rings (SSSR count). The topological polar surface area (TPSA) is 64.8 Å².